The van der Waals surface area contributed by atoms with E-state index in [9.17, 15) is 9.90 Å². The molecule has 1 aliphatic carbocycles. The van der Waals surface area contributed by atoms with Gasteiger partial charge in [-0.15, -0.1) is 11.3 Å². The summed E-state index contributed by atoms with van der Waals surface area (Å²) in [6.07, 6.45) is 2.97. The number of benzene rings is 1. The largest absolute Gasteiger partial charge is 0.478 e. The van der Waals surface area contributed by atoms with E-state index >= 15 is 0 Å². The molecule has 122 valence electrons. The number of thiophene rings is 1. The first-order valence-electron chi connectivity index (χ1n) is 7.94. The van der Waals surface area contributed by atoms with Crippen molar-refractivity contribution in [3.8, 4) is 10.4 Å². The normalized spacial score (nSPS) is 16.0. The maximum absolute atomic E-state index is 11.9. The number of carboxylic acids is 1. The fourth-order valence-corrected chi connectivity index (χ4v) is 4.57. The highest BCUT2D eigenvalue weighted by molar-refractivity contribution is 7.16. The number of rotatable bonds is 3. The Kier molecular flexibility index (Phi) is 3.96. The number of hydrogen-bond acceptors (Lipinski definition) is 3. The van der Waals surface area contributed by atoms with Gasteiger partial charge in [0.05, 0.1) is 5.56 Å². The Labute approximate surface area is 141 Å². The topological polar surface area (TPSA) is 40.5 Å². The van der Waals surface area contributed by atoms with Crippen molar-refractivity contribution in [3.63, 3.8) is 0 Å². The quantitative estimate of drug-likeness (QED) is 0.888. The van der Waals surface area contributed by atoms with Crippen LogP contribution in [0.3, 0.4) is 0 Å². The molecule has 1 aromatic carbocycles. The van der Waals surface area contributed by atoms with E-state index in [0.717, 1.165) is 41.0 Å². The van der Waals surface area contributed by atoms with Crippen LogP contribution in [0.2, 0.25) is 0 Å². The van der Waals surface area contributed by atoms with E-state index in [4.69, 9.17) is 0 Å². The maximum Gasteiger partial charge on any atom is 0.337 e. The lowest BCUT2D eigenvalue weighted by Crippen LogP contribution is -2.22. The number of fused-ring (bicyclic) bond motifs is 1. The fourth-order valence-electron chi connectivity index (χ4n) is 3.26. The number of carbonyl (C=O) groups is 1. The van der Waals surface area contributed by atoms with Gasteiger partial charge < -0.3 is 10.0 Å². The average Bonchev–Trinajstić information content (AvgIpc) is 2.84. The van der Waals surface area contributed by atoms with Gasteiger partial charge >= 0.3 is 5.97 Å². The molecule has 1 aromatic heterocycles. The van der Waals surface area contributed by atoms with Gasteiger partial charge in [-0.2, -0.15) is 0 Å². The summed E-state index contributed by atoms with van der Waals surface area (Å²) in [5.41, 5.74) is 3.89. The second-order valence-corrected chi connectivity index (χ2v) is 8.40. The van der Waals surface area contributed by atoms with Crippen LogP contribution in [0.5, 0.6) is 0 Å². The molecule has 0 saturated heterocycles. The number of carboxylic acid groups (broad SMARTS) is 1. The minimum Gasteiger partial charge on any atom is -0.478 e. The molecular weight excluding hydrogens is 306 g/mol. The van der Waals surface area contributed by atoms with E-state index in [1.54, 1.807) is 11.3 Å². The van der Waals surface area contributed by atoms with Crippen LogP contribution in [-0.4, -0.2) is 25.2 Å². The minimum atomic E-state index is -0.799. The van der Waals surface area contributed by atoms with E-state index in [-0.39, 0.29) is 5.41 Å². The Bertz CT molecular complexity index is 741. The summed E-state index contributed by atoms with van der Waals surface area (Å²) < 4.78 is 0. The molecule has 1 heterocycles. The molecule has 23 heavy (non-hydrogen) atoms. The lowest BCUT2D eigenvalue weighted by atomic mass is 9.76. The standard InChI is InChI=1S/C19H23NO2S/c1-19(2)10-9-15-14(11-19)16(18(21)22)17(23-15)12-5-7-13(8-6-12)20(3)4/h5-8H,9-11H2,1-4H3,(H,21,22). The van der Waals surface area contributed by atoms with E-state index in [2.05, 4.69) is 13.8 Å². The molecule has 0 atom stereocenters. The monoisotopic (exact) mass is 329 g/mol. The van der Waals surface area contributed by atoms with Crippen molar-refractivity contribution in [1.29, 1.82) is 0 Å². The van der Waals surface area contributed by atoms with Crippen molar-refractivity contribution in [3.05, 3.63) is 40.3 Å². The minimum absolute atomic E-state index is 0.185. The molecule has 0 aliphatic heterocycles. The molecule has 0 fully saturated rings. The van der Waals surface area contributed by atoms with Crippen LogP contribution < -0.4 is 4.90 Å². The van der Waals surface area contributed by atoms with Gasteiger partial charge in [0.1, 0.15) is 0 Å². The highest BCUT2D eigenvalue weighted by Gasteiger charge is 2.32. The van der Waals surface area contributed by atoms with Crippen molar-refractivity contribution < 1.29 is 9.90 Å². The second kappa shape index (κ2) is 5.68. The third-order valence-electron chi connectivity index (χ3n) is 4.63. The molecule has 3 rings (SSSR count). The molecule has 4 heteroatoms. The first-order valence-corrected chi connectivity index (χ1v) is 8.76. The van der Waals surface area contributed by atoms with E-state index in [1.807, 2.05) is 43.3 Å². The zero-order chi connectivity index (χ0) is 16.8. The zero-order valence-electron chi connectivity index (χ0n) is 14.1. The third-order valence-corrected chi connectivity index (χ3v) is 5.98. The van der Waals surface area contributed by atoms with Crippen molar-refractivity contribution in [2.45, 2.75) is 33.1 Å². The summed E-state index contributed by atoms with van der Waals surface area (Å²) in [5.74, 6) is -0.799. The Morgan fingerprint density at radius 2 is 1.87 bits per heavy atom. The van der Waals surface area contributed by atoms with Crippen molar-refractivity contribution in [1.82, 2.24) is 0 Å². The summed E-state index contributed by atoms with van der Waals surface area (Å²) >= 11 is 1.66. The number of nitrogens with zero attached hydrogens (tertiary/aromatic N) is 1. The van der Waals surface area contributed by atoms with Crippen LogP contribution in [0, 0.1) is 5.41 Å². The summed E-state index contributed by atoms with van der Waals surface area (Å²) in [4.78, 5) is 16.1. The fraction of sp³-hybridized carbons (Fsp3) is 0.421. The van der Waals surface area contributed by atoms with Crippen LogP contribution in [-0.2, 0) is 12.8 Å². The molecule has 0 saturated carbocycles. The Balaban J connectivity index is 2.09. The lowest BCUT2D eigenvalue weighted by molar-refractivity contribution is 0.0696. The van der Waals surface area contributed by atoms with Crippen LogP contribution >= 0.6 is 11.3 Å². The molecular formula is C19H23NO2S. The third kappa shape index (κ3) is 3.00. The van der Waals surface area contributed by atoms with Crippen LogP contribution in [0.15, 0.2) is 24.3 Å². The Hall–Kier alpha value is -1.81. The molecule has 1 aliphatic rings. The molecule has 3 nitrogen and oxygen atoms in total. The molecule has 1 N–H and O–H groups in total. The number of aromatic carboxylic acids is 1. The Morgan fingerprint density at radius 3 is 2.43 bits per heavy atom. The second-order valence-electron chi connectivity index (χ2n) is 7.30. The van der Waals surface area contributed by atoms with Gasteiger partial charge in [-0.05, 0) is 47.9 Å². The summed E-state index contributed by atoms with van der Waals surface area (Å²) in [7, 11) is 4.01. The van der Waals surface area contributed by atoms with Gasteiger partial charge in [-0.3, -0.25) is 0 Å². The van der Waals surface area contributed by atoms with Gasteiger partial charge in [0.2, 0.25) is 0 Å². The van der Waals surface area contributed by atoms with Gasteiger partial charge in [-0.25, -0.2) is 4.79 Å². The van der Waals surface area contributed by atoms with E-state index in [0.29, 0.717) is 5.56 Å². The first kappa shape index (κ1) is 16.1. The van der Waals surface area contributed by atoms with Gasteiger partial charge in [0.15, 0.2) is 0 Å². The van der Waals surface area contributed by atoms with Crippen LogP contribution in [0.4, 0.5) is 5.69 Å². The smallest absolute Gasteiger partial charge is 0.337 e. The van der Waals surface area contributed by atoms with Crippen LogP contribution in [0.25, 0.3) is 10.4 Å². The number of hydrogen-bond donors (Lipinski definition) is 1. The number of aryl methyl sites for hydroxylation is 1. The molecule has 0 unspecified atom stereocenters. The highest BCUT2D eigenvalue weighted by Crippen LogP contribution is 2.45. The Morgan fingerprint density at radius 1 is 1.22 bits per heavy atom. The number of anilines is 1. The molecule has 0 spiro atoms. The predicted octanol–water partition coefficient (Wildman–Crippen LogP) is 4.69. The van der Waals surface area contributed by atoms with Gasteiger partial charge in [-0.1, -0.05) is 26.0 Å². The van der Waals surface area contributed by atoms with Gasteiger partial charge in [0.25, 0.3) is 0 Å². The first-order chi connectivity index (χ1) is 10.8. The summed E-state index contributed by atoms with van der Waals surface area (Å²) in [6.45, 7) is 4.45. The van der Waals surface area contributed by atoms with Crippen molar-refractivity contribution >= 4 is 23.0 Å². The van der Waals surface area contributed by atoms with E-state index in [1.165, 1.54) is 4.88 Å². The van der Waals surface area contributed by atoms with Crippen LogP contribution in [0.1, 0.15) is 41.1 Å². The summed E-state index contributed by atoms with van der Waals surface area (Å²) in [6, 6.07) is 8.15. The molecule has 2 aromatic rings. The van der Waals surface area contributed by atoms with Crippen molar-refractivity contribution in [2.24, 2.45) is 5.41 Å². The van der Waals surface area contributed by atoms with E-state index < -0.39 is 5.97 Å². The highest BCUT2D eigenvalue weighted by atomic mass is 32.1. The zero-order valence-corrected chi connectivity index (χ0v) is 15.0. The lowest BCUT2D eigenvalue weighted by Gasteiger charge is -2.29. The predicted molar refractivity (Wildman–Crippen MR) is 96.8 cm³/mol. The average molecular weight is 329 g/mol. The molecule has 0 radical (unpaired) electrons. The molecule has 0 bridgehead atoms. The SMILES string of the molecule is CN(C)c1ccc(-c2sc3c(c2C(=O)O)CC(C)(C)CC3)cc1. The van der Waals surface area contributed by atoms with Gasteiger partial charge in [0, 0.05) is 29.5 Å². The maximum atomic E-state index is 11.9. The van der Waals surface area contributed by atoms with Crippen molar-refractivity contribution in [2.75, 3.05) is 19.0 Å². The summed E-state index contributed by atoms with van der Waals surface area (Å²) in [5, 5.41) is 9.78. The molecule has 0 amide bonds.